The van der Waals surface area contributed by atoms with E-state index < -0.39 is 0 Å². The average Bonchev–Trinajstić information content (AvgIpc) is 2.52. The van der Waals surface area contributed by atoms with E-state index in [1.54, 1.807) is 19.2 Å². The molecule has 1 saturated heterocycles. The number of hydrogen-bond acceptors (Lipinski definition) is 4. The van der Waals surface area contributed by atoms with Crippen LogP contribution >= 0.6 is 12.4 Å². The van der Waals surface area contributed by atoms with Crippen molar-refractivity contribution in [2.24, 2.45) is 5.92 Å². The van der Waals surface area contributed by atoms with Gasteiger partial charge in [-0.25, -0.2) is 0 Å². The standard InChI is InChI=1S/C15H22N2O3.ClH/c1-19-13-6-2-3-7-14(13)20-11-15(18)17-10-12-5-4-8-16-9-12;/h2-3,6-7,12,16H,4-5,8-11H2,1H3,(H,17,18);1H. The molecule has 1 fully saturated rings. The van der Waals surface area contributed by atoms with Crippen molar-refractivity contribution in [3.63, 3.8) is 0 Å². The molecule has 0 aromatic heterocycles. The number of piperidine rings is 1. The van der Waals surface area contributed by atoms with E-state index >= 15 is 0 Å². The van der Waals surface area contributed by atoms with Crippen molar-refractivity contribution in [2.45, 2.75) is 12.8 Å². The number of amides is 1. The number of carbonyl (C=O) groups is 1. The highest BCUT2D eigenvalue weighted by molar-refractivity contribution is 5.85. The van der Waals surface area contributed by atoms with Gasteiger partial charge in [-0.2, -0.15) is 0 Å². The van der Waals surface area contributed by atoms with Crippen molar-refractivity contribution in [3.05, 3.63) is 24.3 Å². The van der Waals surface area contributed by atoms with Gasteiger partial charge >= 0.3 is 0 Å². The molecule has 1 heterocycles. The third kappa shape index (κ3) is 5.81. The van der Waals surface area contributed by atoms with E-state index in [1.807, 2.05) is 12.1 Å². The fourth-order valence-electron chi connectivity index (χ4n) is 2.29. The maximum Gasteiger partial charge on any atom is 0.257 e. The Morgan fingerprint density at radius 1 is 1.38 bits per heavy atom. The van der Waals surface area contributed by atoms with E-state index in [4.69, 9.17) is 9.47 Å². The number of para-hydroxylation sites is 2. The summed E-state index contributed by atoms with van der Waals surface area (Å²) in [6, 6.07) is 7.31. The second-order valence-corrected chi connectivity index (χ2v) is 4.96. The first kappa shape index (κ1) is 17.6. The Bertz CT molecular complexity index is 437. The number of carbonyl (C=O) groups excluding carboxylic acids is 1. The van der Waals surface area contributed by atoms with E-state index in [0.717, 1.165) is 13.1 Å². The highest BCUT2D eigenvalue weighted by Gasteiger charge is 2.14. The summed E-state index contributed by atoms with van der Waals surface area (Å²) in [6.45, 7) is 2.79. The molecule has 6 heteroatoms. The highest BCUT2D eigenvalue weighted by Crippen LogP contribution is 2.25. The highest BCUT2D eigenvalue weighted by atomic mass is 35.5. The molecule has 118 valence electrons. The van der Waals surface area contributed by atoms with Gasteiger partial charge in [0.2, 0.25) is 0 Å². The smallest absolute Gasteiger partial charge is 0.257 e. The Labute approximate surface area is 131 Å². The zero-order valence-corrected chi connectivity index (χ0v) is 13.1. The van der Waals surface area contributed by atoms with Crippen molar-refractivity contribution >= 4 is 18.3 Å². The molecule has 1 unspecified atom stereocenters. The third-order valence-electron chi connectivity index (χ3n) is 3.41. The number of benzene rings is 1. The number of methoxy groups -OCH3 is 1. The molecular formula is C15H23ClN2O3. The first-order chi connectivity index (χ1) is 9.79. The second kappa shape index (κ2) is 9.47. The summed E-state index contributed by atoms with van der Waals surface area (Å²) < 4.78 is 10.6. The Balaban J connectivity index is 0.00000220. The zero-order chi connectivity index (χ0) is 14.2. The average molecular weight is 315 g/mol. The van der Waals surface area contributed by atoms with Crippen LogP contribution in [0.25, 0.3) is 0 Å². The summed E-state index contributed by atoms with van der Waals surface area (Å²) in [5, 5.41) is 6.25. The Hall–Kier alpha value is -1.46. The lowest BCUT2D eigenvalue weighted by Crippen LogP contribution is -2.39. The van der Waals surface area contributed by atoms with Crippen LogP contribution in [0.3, 0.4) is 0 Å². The van der Waals surface area contributed by atoms with E-state index in [2.05, 4.69) is 10.6 Å². The van der Waals surface area contributed by atoms with Crippen LogP contribution in [0.15, 0.2) is 24.3 Å². The number of ether oxygens (including phenoxy) is 2. The van der Waals surface area contributed by atoms with Crippen molar-refractivity contribution < 1.29 is 14.3 Å². The molecular weight excluding hydrogens is 292 g/mol. The van der Waals surface area contributed by atoms with Crippen LogP contribution < -0.4 is 20.1 Å². The van der Waals surface area contributed by atoms with Gasteiger partial charge in [-0.15, -0.1) is 12.4 Å². The zero-order valence-electron chi connectivity index (χ0n) is 12.3. The van der Waals surface area contributed by atoms with Crippen LogP contribution in [-0.4, -0.2) is 39.3 Å². The van der Waals surface area contributed by atoms with Crippen molar-refractivity contribution in [2.75, 3.05) is 33.4 Å². The maximum absolute atomic E-state index is 11.8. The molecule has 0 radical (unpaired) electrons. The van der Waals surface area contributed by atoms with Gasteiger partial charge in [0.05, 0.1) is 7.11 Å². The molecule has 2 N–H and O–H groups in total. The third-order valence-corrected chi connectivity index (χ3v) is 3.41. The number of nitrogens with one attached hydrogen (secondary N) is 2. The first-order valence-electron chi connectivity index (χ1n) is 7.03. The van der Waals surface area contributed by atoms with Crippen LogP contribution in [0, 0.1) is 5.92 Å². The lowest BCUT2D eigenvalue weighted by molar-refractivity contribution is -0.123. The molecule has 1 aliphatic heterocycles. The van der Waals surface area contributed by atoms with E-state index in [0.29, 0.717) is 24.0 Å². The SMILES string of the molecule is COc1ccccc1OCC(=O)NCC1CCCNC1.Cl. The minimum atomic E-state index is -0.0959. The van der Waals surface area contributed by atoms with Crippen LogP contribution in [0.4, 0.5) is 0 Å². The summed E-state index contributed by atoms with van der Waals surface area (Å²) in [5.74, 6) is 1.65. The van der Waals surface area contributed by atoms with Gasteiger partial charge in [0, 0.05) is 6.54 Å². The molecule has 1 aromatic rings. The summed E-state index contributed by atoms with van der Waals surface area (Å²) in [6.07, 6.45) is 2.35. The lowest BCUT2D eigenvalue weighted by atomic mass is 10.00. The van der Waals surface area contributed by atoms with Gasteiger partial charge in [-0.05, 0) is 44.0 Å². The summed E-state index contributed by atoms with van der Waals surface area (Å²) in [7, 11) is 1.58. The maximum atomic E-state index is 11.8. The molecule has 21 heavy (non-hydrogen) atoms. The van der Waals surface area contributed by atoms with Gasteiger partial charge < -0.3 is 20.1 Å². The van der Waals surface area contributed by atoms with Crippen LogP contribution in [0.2, 0.25) is 0 Å². The number of halogens is 1. The van der Waals surface area contributed by atoms with Crippen molar-refractivity contribution in [1.29, 1.82) is 0 Å². The van der Waals surface area contributed by atoms with Gasteiger partial charge in [0.25, 0.3) is 5.91 Å². The molecule has 0 aliphatic carbocycles. The summed E-state index contributed by atoms with van der Waals surface area (Å²) in [4.78, 5) is 11.8. The lowest BCUT2D eigenvalue weighted by Gasteiger charge is -2.22. The van der Waals surface area contributed by atoms with E-state index in [-0.39, 0.29) is 24.9 Å². The van der Waals surface area contributed by atoms with Gasteiger partial charge in [-0.3, -0.25) is 4.79 Å². The molecule has 0 spiro atoms. The van der Waals surface area contributed by atoms with Gasteiger partial charge in [0.1, 0.15) is 0 Å². The van der Waals surface area contributed by atoms with E-state index in [9.17, 15) is 4.79 Å². The predicted octanol–water partition coefficient (Wildman–Crippen LogP) is 1.61. The number of hydrogen-bond donors (Lipinski definition) is 2. The van der Waals surface area contributed by atoms with Crippen LogP contribution in [-0.2, 0) is 4.79 Å². The number of rotatable bonds is 6. The van der Waals surface area contributed by atoms with Gasteiger partial charge in [-0.1, -0.05) is 12.1 Å². The van der Waals surface area contributed by atoms with E-state index in [1.165, 1.54) is 12.8 Å². The molecule has 5 nitrogen and oxygen atoms in total. The second-order valence-electron chi connectivity index (χ2n) is 4.96. The van der Waals surface area contributed by atoms with Crippen LogP contribution in [0.1, 0.15) is 12.8 Å². The van der Waals surface area contributed by atoms with Crippen molar-refractivity contribution in [3.8, 4) is 11.5 Å². The Kier molecular flexibility index (Phi) is 7.93. The van der Waals surface area contributed by atoms with Gasteiger partial charge in [0.15, 0.2) is 18.1 Å². The quantitative estimate of drug-likeness (QED) is 0.837. The molecule has 0 saturated carbocycles. The van der Waals surface area contributed by atoms with Crippen molar-refractivity contribution in [1.82, 2.24) is 10.6 Å². The predicted molar refractivity (Wildman–Crippen MR) is 84.3 cm³/mol. The summed E-state index contributed by atoms with van der Waals surface area (Å²) >= 11 is 0. The normalized spacial score (nSPS) is 17.5. The molecule has 1 aromatic carbocycles. The fraction of sp³-hybridized carbons (Fsp3) is 0.533. The largest absolute Gasteiger partial charge is 0.493 e. The molecule has 1 aliphatic rings. The first-order valence-corrected chi connectivity index (χ1v) is 7.03. The molecule has 2 rings (SSSR count). The Morgan fingerprint density at radius 3 is 2.81 bits per heavy atom. The van der Waals surface area contributed by atoms with Crippen LogP contribution in [0.5, 0.6) is 11.5 Å². The minimum absolute atomic E-state index is 0. The Morgan fingerprint density at radius 2 is 2.14 bits per heavy atom. The fourth-order valence-corrected chi connectivity index (χ4v) is 2.29. The topological polar surface area (TPSA) is 59.6 Å². The molecule has 0 bridgehead atoms. The molecule has 1 amide bonds. The minimum Gasteiger partial charge on any atom is -0.493 e. The molecule has 1 atom stereocenters. The monoisotopic (exact) mass is 314 g/mol. The summed E-state index contributed by atoms with van der Waals surface area (Å²) in [5.41, 5.74) is 0.